The molecule has 0 radical (unpaired) electrons. The lowest BCUT2D eigenvalue weighted by Crippen LogP contribution is -2.16. The van der Waals surface area contributed by atoms with Gasteiger partial charge in [0.15, 0.2) is 0 Å². The van der Waals surface area contributed by atoms with Crippen molar-refractivity contribution in [3.05, 3.63) is 199 Å². The second-order valence-electron chi connectivity index (χ2n) is 16.0. The Bertz CT molecular complexity index is 2820. The number of nitrogens with zero attached hydrogens (tertiary/aromatic N) is 6. The van der Waals surface area contributed by atoms with E-state index in [1.807, 2.05) is 42.5 Å². The number of anilines is 6. The van der Waals surface area contributed by atoms with Gasteiger partial charge in [0.2, 0.25) is 0 Å². The van der Waals surface area contributed by atoms with Crippen molar-refractivity contribution in [1.82, 2.24) is 9.78 Å². The van der Waals surface area contributed by atoms with Gasteiger partial charge < -0.3 is 15.5 Å². The van der Waals surface area contributed by atoms with E-state index in [0.717, 1.165) is 104 Å². The van der Waals surface area contributed by atoms with Crippen LogP contribution in [0.3, 0.4) is 0 Å². The van der Waals surface area contributed by atoms with Gasteiger partial charge >= 0.3 is 0 Å². The van der Waals surface area contributed by atoms with E-state index >= 15 is 0 Å². The number of azo groups is 1. The molecule has 8 aromatic rings. The maximum Gasteiger partial charge on any atom is 0.118 e. The fourth-order valence-electron chi connectivity index (χ4n) is 8.51. The molecule has 0 fully saturated rings. The molecule has 1 aliphatic carbocycles. The van der Waals surface area contributed by atoms with Crippen molar-refractivity contribution in [2.24, 2.45) is 16.1 Å². The summed E-state index contributed by atoms with van der Waals surface area (Å²) in [5.41, 5.74) is 21.6. The first-order valence-corrected chi connectivity index (χ1v) is 21.6. The Morgan fingerprint density at radius 3 is 1.61 bits per heavy atom. The fraction of sp³-hybridized carbons (Fsp3) is 0.145. The Kier molecular flexibility index (Phi) is 11.6. The molecule has 0 spiro atoms. The minimum Gasteiger partial charge on any atom is -0.396 e. The highest BCUT2D eigenvalue weighted by Crippen LogP contribution is 2.50. The first-order chi connectivity index (χ1) is 30.5. The maximum atomic E-state index is 7.48. The SMILES string of the molecule is CCc1c2c(-c3ccc(N(c4ccccc4)c4ccccc4)cc3)c(N=Nc3ccccc3)c(N)c(-c3ccc(N(C4=CCCC=C4)c4ccccc4)cc3)c2nn1CC(C)C. The van der Waals surface area contributed by atoms with Crippen molar-refractivity contribution < 1.29 is 0 Å². The van der Waals surface area contributed by atoms with Crippen molar-refractivity contribution in [1.29, 1.82) is 0 Å². The molecule has 0 aliphatic heterocycles. The number of benzene rings is 7. The number of hydrogen-bond acceptors (Lipinski definition) is 6. The standard InChI is InChI=1S/C55H51N7/c1-4-49-52-50(40-30-34-47(35-31-40)61(43-22-12-6-13-23-43)44-24-14-7-15-25-44)55(58-57-42-20-10-5-11-21-42)53(56)51(54(52)59-60(49)38-39(2)3)41-32-36-48(37-33-41)62(45-26-16-8-17-27-45)46-28-18-9-19-29-46/h5-8,10-18,20-37,39H,4,9,19,38,56H2,1-3H3. The quantitative estimate of drug-likeness (QED) is 0.0930. The summed E-state index contributed by atoms with van der Waals surface area (Å²) in [5.74, 6) is 0.378. The topological polar surface area (TPSA) is 75.0 Å². The van der Waals surface area contributed by atoms with Gasteiger partial charge in [-0.05, 0) is 115 Å². The van der Waals surface area contributed by atoms with Crippen LogP contribution in [0.5, 0.6) is 0 Å². The number of rotatable bonds is 13. The zero-order valence-electron chi connectivity index (χ0n) is 35.6. The van der Waals surface area contributed by atoms with E-state index in [1.165, 1.54) is 0 Å². The van der Waals surface area contributed by atoms with Gasteiger partial charge in [0, 0.05) is 62.9 Å². The van der Waals surface area contributed by atoms with Gasteiger partial charge in [-0.15, -0.1) is 5.11 Å². The zero-order chi connectivity index (χ0) is 42.4. The molecule has 1 aromatic heterocycles. The van der Waals surface area contributed by atoms with Crippen LogP contribution in [0.1, 0.15) is 39.3 Å². The number of para-hydroxylation sites is 3. The Labute approximate surface area is 364 Å². The Morgan fingerprint density at radius 2 is 1.10 bits per heavy atom. The molecule has 0 bridgehead atoms. The zero-order valence-corrected chi connectivity index (χ0v) is 35.6. The van der Waals surface area contributed by atoms with E-state index in [9.17, 15) is 0 Å². The number of aryl methyl sites for hydroxylation is 1. The van der Waals surface area contributed by atoms with E-state index in [0.29, 0.717) is 17.3 Å². The van der Waals surface area contributed by atoms with Crippen LogP contribution in [-0.4, -0.2) is 9.78 Å². The van der Waals surface area contributed by atoms with Crippen molar-refractivity contribution >= 4 is 56.4 Å². The van der Waals surface area contributed by atoms with Crippen LogP contribution in [0.25, 0.3) is 33.2 Å². The molecule has 0 amide bonds. The molecule has 306 valence electrons. The maximum absolute atomic E-state index is 7.48. The fourth-order valence-corrected chi connectivity index (χ4v) is 8.51. The summed E-state index contributed by atoms with van der Waals surface area (Å²) in [7, 11) is 0. The molecule has 7 heteroatoms. The number of nitrogen functional groups attached to an aromatic ring is 1. The Morgan fingerprint density at radius 1 is 0.597 bits per heavy atom. The second-order valence-corrected chi connectivity index (χ2v) is 16.0. The molecule has 9 rings (SSSR count). The molecule has 0 saturated carbocycles. The number of fused-ring (bicyclic) bond motifs is 1. The number of nitrogens with two attached hydrogens (primary N) is 1. The highest BCUT2D eigenvalue weighted by Gasteiger charge is 2.27. The highest BCUT2D eigenvalue weighted by molar-refractivity contribution is 6.15. The highest BCUT2D eigenvalue weighted by atomic mass is 15.3. The Balaban J connectivity index is 1.25. The van der Waals surface area contributed by atoms with E-state index in [1.54, 1.807) is 0 Å². The summed E-state index contributed by atoms with van der Waals surface area (Å²) >= 11 is 0. The molecule has 0 atom stereocenters. The average Bonchev–Trinajstić information content (AvgIpc) is 3.67. The molecule has 7 aromatic carbocycles. The van der Waals surface area contributed by atoms with Gasteiger partial charge in [-0.1, -0.05) is 130 Å². The lowest BCUT2D eigenvalue weighted by Gasteiger charge is -2.28. The third kappa shape index (κ3) is 8.05. The van der Waals surface area contributed by atoms with Gasteiger partial charge in [-0.25, -0.2) is 0 Å². The van der Waals surface area contributed by atoms with Crippen LogP contribution < -0.4 is 15.5 Å². The van der Waals surface area contributed by atoms with E-state index < -0.39 is 0 Å². The van der Waals surface area contributed by atoms with Crippen LogP contribution in [0.4, 0.5) is 45.5 Å². The van der Waals surface area contributed by atoms with Gasteiger partial charge in [-0.3, -0.25) is 4.68 Å². The number of aromatic nitrogens is 2. The van der Waals surface area contributed by atoms with Gasteiger partial charge in [0.05, 0.1) is 11.4 Å². The average molecular weight is 810 g/mol. The van der Waals surface area contributed by atoms with Crippen LogP contribution >= 0.6 is 0 Å². The molecule has 7 nitrogen and oxygen atoms in total. The van der Waals surface area contributed by atoms with Crippen LogP contribution in [0.2, 0.25) is 0 Å². The molecular formula is C55H51N7. The molecule has 62 heavy (non-hydrogen) atoms. The molecule has 0 unspecified atom stereocenters. The van der Waals surface area contributed by atoms with E-state index in [4.69, 9.17) is 21.1 Å². The first kappa shape index (κ1) is 39.9. The third-order valence-corrected chi connectivity index (χ3v) is 11.3. The molecular weight excluding hydrogens is 759 g/mol. The summed E-state index contributed by atoms with van der Waals surface area (Å²) in [6.07, 6.45) is 9.61. The molecule has 1 heterocycles. The minimum absolute atomic E-state index is 0.378. The predicted octanol–water partition coefficient (Wildman–Crippen LogP) is 15.4. The van der Waals surface area contributed by atoms with Crippen LogP contribution in [0, 0.1) is 5.92 Å². The van der Waals surface area contributed by atoms with Crippen molar-refractivity contribution in [2.75, 3.05) is 15.5 Å². The van der Waals surface area contributed by atoms with Crippen LogP contribution in [0.15, 0.2) is 204 Å². The molecule has 0 saturated heterocycles. The van der Waals surface area contributed by atoms with Crippen molar-refractivity contribution in [3.63, 3.8) is 0 Å². The first-order valence-electron chi connectivity index (χ1n) is 21.6. The number of hydrogen-bond donors (Lipinski definition) is 1. The lowest BCUT2D eigenvalue weighted by atomic mass is 9.90. The van der Waals surface area contributed by atoms with Gasteiger partial charge in [-0.2, -0.15) is 10.2 Å². The van der Waals surface area contributed by atoms with E-state index in [2.05, 4.69) is 181 Å². The predicted molar refractivity (Wildman–Crippen MR) is 260 cm³/mol. The second kappa shape index (κ2) is 18.0. The summed E-state index contributed by atoms with van der Waals surface area (Å²) in [5, 5.41) is 16.4. The summed E-state index contributed by atoms with van der Waals surface area (Å²) in [6.45, 7) is 7.45. The van der Waals surface area contributed by atoms with Crippen molar-refractivity contribution in [2.45, 2.75) is 46.6 Å². The largest absolute Gasteiger partial charge is 0.396 e. The normalized spacial score (nSPS) is 12.6. The summed E-state index contributed by atoms with van der Waals surface area (Å²) < 4.78 is 2.19. The van der Waals surface area contributed by atoms with Crippen LogP contribution in [-0.2, 0) is 13.0 Å². The monoisotopic (exact) mass is 809 g/mol. The summed E-state index contributed by atoms with van der Waals surface area (Å²) in [4.78, 5) is 4.59. The van der Waals surface area contributed by atoms with E-state index in [-0.39, 0.29) is 0 Å². The Hall–Kier alpha value is -7.51. The lowest BCUT2D eigenvalue weighted by molar-refractivity contribution is 0.473. The molecule has 2 N–H and O–H groups in total. The van der Waals surface area contributed by atoms with Gasteiger partial charge in [0.25, 0.3) is 0 Å². The van der Waals surface area contributed by atoms with Crippen molar-refractivity contribution in [3.8, 4) is 22.3 Å². The molecule has 1 aliphatic rings. The van der Waals surface area contributed by atoms with Gasteiger partial charge in [0.1, 0.15) is 11.2 Å². The summed E-state index contributed by atoms with van der Waals surface area (Å²) in [6, 6.07) is 58.8. The smallest absolute Gasteiger partial charge is 0.118 e. The minimum atomic E-state index is 0.378. The number of allylic oxidation sites excluding steroid dienone is 3. The third-order valence-electron chi connectivity index (χ3n) is 11.3.